The lowest BCUT2D eigenvalue weighted by atomic mass is 10.2. The molecular weight excluding hydrogens is 342 g/mol. The van der Waals surface area contributed by atoms with E-state index in [-0.39, 0.29) is 5.91 Å². The lowest BCUT2D eigenvalue weighted by Gasteiger charge is -2.24. The van der Waals surface area contributed by atoms with Crippen LogP contribution in [0.5, 0.6) is 0 Å². The molecule has 0 fully saturated rings. The molecule has 0 spiro atoms. The Morgan fingerprint density at radius 2 is 1.50 bits per heavy atom. The summed E-state index contributed by atoms with van der Waals surface area (Å²) in [4.78, 5) is 19.0. The maximum atomic E-state index is 12.7. The quantitative estimate of drug-likeness (QED) is 0.669. The molecule has 0 saturated heterocycles. The molecule has 0 radical (unpaired) electrons. The van der Waals surface area contributed by atoms with Crippen LogP contribution >= 0.6 is 15.9 Å². The standard InChI is InChI=1S/C17H28BrN3O/c1-19(2)10-6-12-21(13-7-11-20(3)4)17(22)15-8-5-9-16(18)14-15/h5,8-9,14H,6-7,10-13H2,1-4H3. The molecular formula is C17H28BrN3O. The zero-order chi connectivity index (χ0) is 16.5. The van der Waals surface area contributed by atoms with E-state index in [1.165, 1.54) is 0 Å². The summed E-state index contributed by atoms with van der Waals surface area (Å²) in [5, 5.41) is 0. The smallest absolute Gasteiger partial charge is 0.253 e. The molecule has 4 nitrogen and oxygen atoms in total. The van der Waals surface area contributed by atoms with Gasteiger partial charge in [-0.25, -0.2) is 0 Å². The lowest BCUT2D eigenvalue weighted by Crippen LogP contribution is -2.35. The van der Waals surface area contributed by atoms with E-state index in [0.717, 1.165) is 49.1 Å². The first-order chi connectivity index (χ1) is 10.4. The Balaban J connectivity index is 2.67. The normalized spacial score (nSPS) is 11.2. The third kappa shape index (κ3) is 7.38. The van der Waals surface area contributed by atoms with Gasteiger partial charge in [0.15, 0.2) is 0 Å². The summed E-state index contributed by atoms with van der Waals surface area (Å²) >= 11 is 3.44. The summed E-state index contributed by atoms with van der Waals surface area (Å²) in [5.41, 5.74) is 0.754. The van der Waals surface area contributed by atoms with Crippen LogP contribution in [0, 0.1) is 0 Å². The third-order valence-corrected chi connectivity index (χ3v) is 3.92. The highest BCUT2D eigenvalue weighted by Gasteiger charge is 2.15. The number of rotatable bonds is 9. The fourth-order valence-electron chi connectivity index (χ4n) is 2.27. The predicted molar refractivity (Wildman–Crippen MR) is 96.4 cm³/mol. The van der Waals surface area contributed by atoms with Crippen LogP contribution in [0.25, 0.3) is 0 Å². The minimum atomic E-state index is 0.124. The number of carbonyl (C=O) groups excluding carboxylic acids is 1. The van der Waals surface area contributed by atoms with Crippen molar-refractivity contribution in [3.8, 4) is 0 Å². The first kappa shape index (κ1) is 19.1. The average molecular weight is 370 g/mol. The van der Waals surface area contributed by atoms with Crippen LogP contribution < -0.4 is 0 Å². The Morgan fingerprint density at radius 3 is 1.95 bits per heavy atom. The topological polar surface area (TPSA) is 26.8 Å². The Labute approximate surface area is 143 Å². The summed E-state index contributed by atoms with van der Waals surface area (Å²) in [5.74, 6) is 0.124. The molecule has 22 heavy (non-hydrogen) atoms. The molecule has 0 atom stereocenters. The van der Waals surface area contributed by atoms with Gasteiger partial charge >= 0.3 is 0 Å². The molecule has 0 aromatic heterocycles. The van der Waals surface area contributed by atoms with Crippen molar-refractivity contribution in [2.45, 2.75) is 12.8 Å². The molecule has 1 aromatic carbocycles. The van der Waals surface area contributed by atoms with Crippen molar-refractivity contribution in [3.63, 3.8) is 0 Å². The van der Waals surface area contributed by atoms with Gasteiger partial charge in [0.1, 0.15) is 0 Å². The van der Waals surface area contributed by atoms with Gasteiger partial charge in [0.05, 0.1) is 0 Å². The van der Waals surface area contributed by atoms with Crippen molar-refractivity contribution in [2.24, 2.45) is 0 Å². The molecule has 0 N–H and O–H groups in total. The number of hydrogen-bond acceptors (Lipinski definition) is 3. The van der Waals surface area contributed by atoms with E-state index in [4.69, 9.17) is 0 Å². The van der Waals surface area contributed by atoms with Crippen LogP contribution in [0.4, 0.5) is 0 Å². The van der Waals surface area contributed by atoms with Crippen LogP contribution in [-0.2, 0) is 0 Å². The van der Waals surface area contributed by atoms with Gasteiger partial charge in [0, 0.05) is 23.1 Å². The van der Waals surface area contributed by atoms with E-state index in [0.29, 0.717) is 0 Å². The molecule has 0 saturated carbocycles. The number of carbonyl (C=O) groups is 1. The summed E-state index contributed by atoms with van der Waals surface area (Å²) in [6.07, 6.45) is 1.99. The highest BCUT2D eigenvalue weighted by Crippen LogP contribution is 2.14. The monoisotopic (exact) mass is 369 g/mol. The summed E-state index contributed by atoms with van der Waals surface area (Å²) in [7, 11) is 8.25. The van der Waals surface area contributed by atoms with Crippen LogP contribution in [0.1, 0.15) is 23.2 Å². The second-order valence-corrected chi connectivity index (χ2v) is 7.03. The van der Waals surface area contributed by atoms with Crippen LogP contribution in [0.3, 0.4) is 0 Å². The van der Waals surface area contributed by atoms with E-state index in [1.54, 1.807) is 0 Å². The molecule has 124 valence electrons. The summed E-state index contributed by atoms with van der Waals surface area (Å²) in [6.45, 7) is 3.60. The van der Waals surface area contributed by atoms with E-state index in [1.807, 2.05) is 29.2 Å². The zero-order valence-electron chi connectivity index (χ0n) is 14.2. The molecule has 1 aromatic rings. The number of amides is 1. The van der Waals surface area contributed by atoms with Gasteiger partial charge in [-0.15, -0.1) is 0 Å². The highest BCUT2D eigenvalue weighted by atomic mass is 79.9. The number of nitrogens with zero attached hydrogens (tertiary/aromatic N) is 3. The van der Waals surface area contributed by atoms with Gasteiger partial charge in [-0.05, 0) is 72.3 Å². The van der Waals surface area contributed by atoms with E-state index >= 15 is 0 Å². The summed E-state index contributed by atoms with van der Waals surface area (Å²) < 4.78 is 0.944. The number of benzene rings is 1. The Kier molecular flexibility index (Phi) is 8.68. The molecule has 1 rings (SSSR count). The van der Waals surface area contributed by atoms with Crippen molar-refractivity contribution >= 4 is 21.8 Å². The van der Waals surface area contributed by atoms with Gasteiger partial charge < -0.3 is 14.7 Å². The molecule has 0 aliphatic heterocycles. The first-order valence-corrected chi connectivity index (χ1v) is 8.53. The zero-order valence-corrected chi connectivity index (χ0v) is 15.8. The molecule has 1 amide bonds. The van der Waals surface area contributed by atoms with E-state index in [2.05, 4.69) is 53.9 Å². The van der Waals surface area contributed by atoms with Gasteiger partial charge in [-0.3, -0.25) is 4.79 Å². The number of hydrogen-bond donors (Lipinski definition) is 0. The third-order valence-electron chi connectivity index (χ3n) is 3.43. The minimum Gasteiger partial charge on any atom is -0.339 e. The molecule has 0 unspecified atom stereocenters. The van der Waals surface area contributed by atoms with Crippen molar-refractivity contribution < 1.29 is 4.79 Å². The largest absolute Gasteiger partial charge is 0.339 e. The van der Waals surface area contributed by atoms with Crippen LogP contribution in [0.15, 0.2) is 28.7 Å². The molecule has 0 aliphatic carbocycles. The first-order valence-electron chi connectivity index (χ1n) is 7.74. The van der Waals surface area contributed by atoms with Crippen molar-refractivity contribution in [1.82, 2.24) is 14.7 Å². The molecule has 5 heteroatoms. The SMILES string of the molecule is CN(C)CCCN(CCCN(C)C)C(=O)c1cccc(Br)c1. The minimum absolute atomic E-state index is 0.124. The average Bonchev–Trinajstić information content (AvgIpc) is 2.44. The highest BCUT2D eigenvalue weighted by molar-refractivity contribution is 9.10. The molecule has 0 bridgehead atoms. The Bertz CT molecular complexity index is 449. The second-order valence-electron chi connectivity index (χ2n) is 6.12. The van der Waals surface area contributed by atoms with E-state index < -0.39 is 0 Å². The Morgan fingerprint density at radius 1 is 0.955 bits per heavy atom. The van der Waals surface area contributed by atoms with Crippen LogP contribution in [-0.4, -0.2) is 75.0 Å². The lowest BCUT2D eigenvalue weighted by molar-refractivity contribution is 0.0744. The van der Waals surface area contributed by atoms with Gasteiger partial charge in [-0.1, -0.05) is 22.0 Å². The number of halogens is 1. The maximum absolute atomic E-state index is 12.7. The fraction of sp³-hybridized carbons (Fsp3) is 0.588. The van der Waals surface area contributed by atoms with E-state index in [9.17, 15) is 4.79 Å². The Hall–Kier alpha value is -0.910. The molecule has 0 heterocycles. The van der Waals surface area contributed by atoms with Gasteiger partial charge in [0.25, 0.3) is 5.91 Å². The van der Waals surface area contributed by atoms with Crippen molar-refractivity contribution in [3.05, 3.63) is 34.3 Å². The maximum Gasteiger partial charge on any atom is 0.253 e. The molecule has 0 aliphatic rings. The predicted octanol–water partition coefficient (Wildman–Crippen LogP) is 2.79. The summed E-state index contributed by atoms with van der Waals surface area (Å²) in [6, 6.07) is 7.64. The van der Waals surface area contributed by atoms with Gasteiger partial charge in [0.2, 0.25) is 0 Å². The van der Waals surface area contributed by atoms with Crippen molar-refractivity contribution in [1.29, 1.82) is 0 Å². The van der Waals surface area contributed by atoms with Crippen LogP contribution in [0.2, 0.25) is 0 Å². The van der Waals surface area contributed by atoms with Gasteiger partial charge in [-0.2, -0.15) is 0 Å². The second kappa shape index (κ2) is 9.98. The van der Waals surface area contributed by atoms with Crippen molar-refractivity contribution in [2.75, 3.05) is 54.4 Å². The fourth-order valence-corrected chi connectivity index (χ4v) is 2.67.